The first kappa shape index (κ1) is 10.3. The minimum absolute atomic E-state index is 0.368. The van der Waals surface area contributed by atoms with Crippen LogP contribution in [0, 0.1) is 6.92 Å². The van der Waals surface area contributed by atoms with Crippen LogP contribution in [0.25, 0.3) is 0 Å². The number of hydrogen-bond donors (Lipinski definition) is 0. The van der Waals surface area contributed by atoms with Crippen molar-refractivity contribution in [3.63, 3.8) is 0 Å². The molecule has 0 spiro atoms. The summed E-state index contributed by atoms with van der Waals surface area (Å²) >= 11 is 0. The van der Waals surface area contributed by atoms with Crippen molar-refractivity contribution in [2.24, 2.45) is 4.99 Å². The Labute approximate surface area is 101 Å². The van der Waals surface area contributed by atoms with E-state index in [0.29, 0.717) is 5.92 Å². The van der Waals surface area contributed by atoms with Crippen molar-refractivity contribution in [3.8, 4) is 0 Å². The molecule has 0 saturated heterocycles. The zero-order valence-corrected chi connectivity index (χ0v) is 9.87. The monoisotopic (exact) mass is 225 g/mol. The van der Waals surface area contributed by atoms with Crippen LogP contribution in [-0.4, -0.2) is 15.8 Å². The molecule has 2 aromatic rings. The average molecular weight is 225 g/mol. The topological polar surface area (TPSA) is 30.2 Å². The van der Waals surface area contributed by atoms with Crippen LogP contribution in [0.15, 0.2) is 41.8 Å². The molecule has 1 aliphatic rings. The number of imidazole rings is 1. The lowest BCUT2D eigenvalue weighted by Crippen LogP contribution is -2.15. The Kier molecular flexibility index (Phi) is 2.52. The number of aliphatic imine (C=N–C) groups is 1. The van der Waals surface area contributed by atoms with E-state index in [-0.39, 0.29) is 0 Å². The smallest absolute Gasteiger partial charge is 0.0948 e. The van der Waals surface area contributed by atoms with Gasteiger partial charge in [-0.3, -0.25) is 4.99 Å². The van der Waals surface area contributed by atoms with E-state index in [1.54, 1.807) is 0 Å². The molecule has 3 rings (SSSR count). The highest BCUT2D eigenvalue weighted by Gasteiger charge is 2.17. The van der Waals surface area contributed by atoms with Crippen molar-refractivity contribution < 1.29 is 0 Å². The van der Waals surface area contributed by atoms with Gasteiger partial charge in [-0.1, -0.05) is 24.3 Å². The fraction of sp³-hybridized carbons (Fsp3) is 0.286. The molecule has 3 heteroatoms. The van der Waals surface area contributed by atoms with E-state index in [9.17, 15) is 0 Å². The number of aryl methyl sites for hydroxylation is 1. The van der Waals surface area contributed by atoms with Crippen LogP contribution in [0.5, 0.6) is 0 Å². The van der Waals surface area contributed by atoms with Gasteiger partial charge in [0.25, 0.3) is 0 Å². The lowest BCUT2D eigenvalue weighted by molar-refractivity contribution is 0.638. The number of rotatable bonds is 2. The molecule has 3 nitrogen and oxygen atoms in total. The summed E-state index contributed by atoms with van der Waals surface area (Å²) in [5.41, 5.74) is 3.94. The summed E-state index contributed by atoms with van der Waals surface area (Å²) < 4.78 is 2.18. The summed E-state index contributed by atoms with van der Waals surface area (Å²) in [6.45, 7) is 3.82. The van der Waals surface area contributed by atoms with Crippen molar-refractivity contribution in [2.45, 2.75) is 25.9 Å². The lowest BCUT2D eigenvalue weighted by Gasteiger charge is -2.21. The maximum Gasteiger partial charge on any atom is 0.0948 e. The van der Waals surface area contributed by atoms with E-state index >= 15 is 0 Å². The Hall–Kier alpha value is -1.90. The van der Waals surface area contributed by atoms with Crippen LogP contribution in [-0.2, 0) is 13.1 Å². The van der Waals surface area contributed by atoms with Crippen molar-refractivity contribution in [1.82, 2.24) is 9.55 Å². The Morgan fingerprint density at radius 1 is 1.35 bits per heavy atom. The van der Waals surface area contributed by atoms with Gasteiger partial charge in [-0.15, -0.1) is 0 Å². The van der Waals surface area contributed by atoms with Gasteiger partial charge in [0, 0.05) is 30.6 Å². The van der Waals surface area contributed by atoms with Crippen molar-refractivity contribution in [1.29, 1.82) is 0 Å². The normalized spacial score (nSPS) is 18.1. The van der Waals surface area contributed by atoms with E-state index in [4.69, 9.17) is 0 Å². The van der Waals surface area contributed by atoms with Gasteiger partial charge >= 0.3 is 0 Å². The molecule has 1 aromatic carbocycles. The van der Waals surface area contributed by atoms with Gasteiger partial charge < -0.3 is 4.57 Å². The summed E-state index contributed by atoms with van der Waals surface area (Å²) in [7, 11) is 0. The minimum Gasteiger partial charge on any atom is -0.334 e. The molecule has 17 heavy (non-hydrogen) atoms. The minimum atomic E-state index is 0.368. The van der Waals surface area contributed by atoms with Gasteiger partial charge in [-0.25, -0.2) is 4.98 Å². The molecule has 0 aliphatic carbocycles. The number of nitrogens with zero attached hydrogens (tertiary/aromatic N) is 3. The number of hydrogen-bond acceptors (Lipinski definition) is 2. The van der Waals surface area contributed by atoms with Gasteiger partial charge in [-0.2, -0.15) is 0 Å². The van der Waals surface area contributed by atoms with Crippen LogP contribution < -0.4 is 0 Å². The maximum atomic E-state index is 4.45. The lowest BCUT2D eigenvalue weighted by atomic mass is 9.93. The Morgan fingerprint density at radius 3 is 3.06 bits per heavy atom. The zero-order valence-electron chi connectivity index (χ0n) is 9.87. The molecule has 86 valence electrons. The molecule has 0 saturated carbocycles. The SMILES string of the molecule is Cc1cncn1CC1C=NCc2ccccc21. The molecular formula is C14H15N3. The summed E-state index contributed by atoms with van der Waals surface area (Å²) in [5.74, 6) is 0.368. The molecule has 2 heterocycles. The third kappa shape index (κ3) is 1.88. The number of aromatic nitrogens is 2. The third-order valence-electron chi connectivity index (χ3n) is 3.32. The summed E-state index contributed by atoms with van der Waals surface area (Å²) in [5, 5.41) is 0. The molecule has 1 aromatic heterocycles. The first-order chi connectivity index (χ1) is 8.34. The second kappa shape index (κ2) is 4.17. The highest BCUT2D eigenvalue weighted by molar-refractivity contribution is 5.70. The molecule has 0 N–H and O–H groups in total. The summed E-state index contributed by atoms with van der Waals surface area (Å²) in [6.07, 6.45) is 5.86. The highest BCUT2D eigenvalue weighted by Crippen LogP contribution is 2.25. The number of benzene rings is 1. The van der Waals surface area contributed by atoms with E-state index in [0.717, 1.165) is 13.1 Å². The third-order valence-corrected chi connectivity index (χ3v) is 3.32. The van der Waals surface area contributed by atoms with Crippen LogP contribution in [0.2, 0.25) is 0 Å². The Balaban J connectivity index is 1.91. The van der Waals surface area contributed by atoms with Gasteiger partial charge in [0.15, 0.2) is 0 Å². The molecule has 1 unspecified atom stereocenters. The predicted octanol–water partition coefficient (Wildman–Crippen LogP) is 2.56. The van der Waals surface area contributed by atoms with Gasteiger partial charge in [0.2, 0.25) is 0 Å². The molecular weight excluding hydrogens is 210 g/mol. The maximum absolute atomic E-state index is 4.45. The fourth-order valence-electron chi connectivity index (χ4n) is 2.33. The van der Waals surface area contributed by atoms with E-state index in [1.165, 1.54) is 16.8 Å². The average Bonchev–Trinajstić information content (AvgIpc) is 2.76. The zero-order chi connectivity index (χ0) is 11.7. The van der Waals surface area contributed by atoms with Crippen molar-refractivity contribution in [3.05, 3.63) is 53.6 Å². The van der Waals surface area contributed by atoms with Crippen LogP contribution in [0.1, 0.15) is 22.7 Å². The highest BCUT2D eigenvalue weighted by atomic mass is 15.0. The molecule has 1 atom stereocenters. The van der Waals surface area contributed by atoms with E-state index in [2.05, 4.69) is 51.9 Å². The van der Waals surface area contributed by atoms with Crippen LogP contribution in [0.3, 0.4) is 0 Å². The van der Waals surface area contributed by atoms with Crippen LogP contribution in [0.4, 0.5) is 0 Å². The summed E-state index contributed by atoms with van der Waals surface area (Å²) in [6, 6.07) is 8.56. The predicted molar refractivity (Wildman–Crippen MR) is 68.3 cm³/mol. The Morgan fingerprint density at radius 2 is 2.24 bits per heavy atom. The Bertz CT molecular complexity index is 554. The number of fused-ring (bicyclic) bond motifs is 1. The molecule has 0 amide bonds. The van der Waals surface area contributed by atoms with E-state index in [1.807, 2.05) is 12.5 Å². The molecule has 1 aliphatic heterocycles. The first-order valence-electron chi connectivity index (χ1n) is 5.89. The fourth-order valence-corrected chi connectivity index (χ4v) is 2.33. The van der Waals surface area contributed by atoms with Crippen LogP contribution >= 0.6 is 0 Å². The summed E-state index contributed by atoms with van der Waals surface area (Å²) in [4.78, 5) is 8.61. The van der Waals surface area contributed by atoms with Gasteiger partial charge in [-0.05, 0) is 18.1 Å². The second-order valence-electron chi connectivity index (χ2n) is 4.48. The van der Waals surface area contributed by atoms with Gasteiger partial charge in [0.05, 0.1) is 12.9 Å². The first-order valence-corrected chi connectivity index (χ1v) is 5.89. The molecule has 0 fully saturated rings. The largest absolute Gasteiger partial charge is 0.334 e. The van der Waals surface area contributed by atoms with Crippen molar-refractivity contribution >= 4 is 6.21 Å². The second-order valence-corrected chi connectivity index (χ2v) is 4.48. The van der Waals surface area contributed by atoms with E-state index < -0.39 is 0 Å². The standard InChI is InChI=1S/C14H15N3/c1-11-6-16-10-17(11)9-13-8-15-7-12-4-2-3-5-14(12)13/h2-6,8,10,13H,7,9H2,1H3. The molecule has 0 radical (unpaired) electrons. The molecule has 0 bridgehead atoms. The van der Waals surface area contributed by atoms with Gasteiger partial charge in [0.1, 0.15) is 0 Å². The van der Waals surface area contributed by atoms with Crippen molar-refractivity contribution in [2.75, 3.05) is 0 Å². The quantitative estimate of drug-likeness (QED) is 0.772.